The van der Waals surface area contributed by atoms with Crippen molar-refractivity contribution < 1.29 is 0 Å². The molecule has 0 saturated heterocycles. The molecule has 0 unspecified atom stereocenters. The Morgan fingerprint density at radius 1 is 0.463 bits per heavy atom. The summed E-state index contributed by atoms with van der Waals surface area (Å²) in [5, 5.41) is 0. The molecule has 0 saturated carbocycles. The molecule has 5 aromatic carbocycles. The van der Waals surface area contributed by atoms with E-state index >= 15 is 0 Å². The Balaban J connectivity index is 1.29. The number of rotatable bonds is 4. The number of fused-ring (bicyclic) bond motifs is 5. The number of aryl methyl sites for hydroxylation is 1. The Morgan fingerprint density at radius 3 is 1.66 bits per heavy atom. The van der Waals surface area contributed by atoms with Gasteiger partial charge in [0.15, 0.2) is 17.5 Å². The van der Waals surface area contributed by atoms with Crippen molar-refractivity contribution in [3.05, 3.63) is 133 Å². The summed E-state index contributed by atoms with van der Waals surface area (Å²) in [6, 6.07) is 43.3. The SMILES string of the molecule is Cc1ccc2c(c1)n1c3ccccc3nc1n2-c1ccc(-c2nc(-c3ccccc3)nc(-c3ccccc3)n2)cc1. The van der Waals surface area contributed by atoms with E-state index in [1.807, 2.05) is 66.7 Å². The number of hydrogen-bond donors (Lipinski definition) is 0. The Hall–Kier alpha value is -5.62. The number of aromatic nitrogens is 6. The molecule has 0 spiro atoms. The van der Waals surface area contributed by atoms with E-state index in [0.717, 1.165) is 50.2 Å². The third kappa shape index (κ3) is 3.88. The zero-order valence-electron chi connectivity index (χ0n) is 22.3. The van der Waals surface area contributed by atoms with E-state index in [-0.39, 0.29) is 0 Å². The highest BCUT2D eigenvalue weighted by Crippen LogP contribution is 2.31. The van der Waals surface area contributed by atoms with Crippen LogP contribution < -0.4 is 0 Å². The number of imidazole rings is 2. The molecule has 8 aromatic rings. The Morgan fingerprint density at radius 2 is 1.02 bits per heavy atom. The summed E-state index contributed by atoms with van der Waals surface area (Å²) in [6.07, 6.45) is 0. The average molecular weight is 529 g/mol. The summed E-state index contributed by atoms with van der Waals surface area (Å²) < 4.78 is 4.46. The monoisotopic (exact) mass is 528 g/mol. The molecule has 6 heteroatoms. The fourth-order valence-electron chi connectivity index (χ4n) is 5.46. The number of nitrogens with zero attached hydrogens (tertiary/aromatic N) is 6. The molecule has 0 amide bonds. The van der Waals surface area contributed by atoms with Crippen molar-refractivity contribution in [1.82, 2.24) is 28.9 Å². The maximum atomic E-state index is 5.02. The molecule has 3 aromatic heterocycles. The van der Waals surface area contributed by atoms with Gasteiger partial charge in [-0.05, 0) is 61.0 Å². The largest absolute Gasteiger partial charge is 0.278 e. The van der Waals surface area contributed by atoms with Crippen molar-refractivity contribution in [2.24, 2.45) is 0 Å². The van der Waals surface area contributed by atoms with Gasteiger partial charge in [-0.3, -0.25) is 8.97 Å². The lowest BCUT2D eigenvalue weighted by atomic mass is 10.1. The number of para-hydroxylation sites is 2. The van der Waals surface area contributed by atoms with Gasteiger partial charge < -0.3 is 0 Å². The third-order valence-electron chi connectivity index (χ3n) is 7.44. The summed E-state index contributed by atoms with van der Waals surface area (Å²) in [5.74, 6) is 2.82. The van der Waals surface area contributed by atoms with Gasteiger partial charge in [-0.25, -0.2) is 19.9 Å². The first-order valence-corrected chi connectivity index (χ1v) is 13.6. The number of benzene rings is 5. The predicted molar refractivity (Wildman–Crippen MR) is 164 cm³/mol. The van der Waals surface area contributed by atoms with Gasteiger partial charge in [-0.1, -0.05) is 78.9 Å². The van der Waals surface area contributed by atoms with Gasteiger partial charge in [0.25, 0.3) is 0 Å². The lowest BCUT2D eigenvalue weighted by Crippen LogP contribution is -2.00. The molecule has 0 aliphatic rings. The predicted octanol–water partition coefficient (Wildman–Crippen LogP) is 7.93. The summed E-state index contributed by atoms with van der Waals surface area (Å²) in [4.78, 5) is 19.6. The maximum absolute atomic E-state index is 5.02. The van der Waals surface area contributed by atoms with Crippen LogP contribution in [0.5, 0.6) is 0 Å². The Labute approximate surface area is 236 Å². The van der Waals surface area contributed by atoms with Crippen molar-refractivity contribution in [3.63, 3.8) is 0 Å². The van der Waals surface area contributed by atoms with Crippen LogP contribution in [0.1, 0.15) is 5.56 Å². The highest BCUT2D eigenvalue weighted by molar-refractivity contribution is 5.92. The molecular weight excluding hydrogens is 504 g/mol. The quantitative estimate of drug-likeness (QED) is 0.233. The maximum Gasteiger partial charge on any atom is 0.220 e. The van der Waals surface area contributed by atoms with Gasteiger partial charge in [-0.2, -0.15) is 0 Å². The highest BCUT2D eigenvalue weighted by Gasteiger charge is 2.18. The molecule has 0 N–H and O–H groups in total. The minimum atomic E-state index is 0.633. The molecule has 6 nitrogen and oxygen atoms in total. The molecular formula is C35H24N6. The van der Waals surface area contributed by atoms with Crippen LogP contribution in [0.15, 0.2) is 127 Å². The van der Waals surface area contributed by atoms with Crippen LogP contribution in [-0.4, -0.2) is 28.9 Å². The van der Waals surface area contributed by atoms with Gasteiger partial charge in [0.2, 0.25) is 5.78 Å². The summed E-state index contributed by atoms with van der Waals surface area (Å²) in [5.41, 5.74) is 9.37. The molecule has 8 rings (SSSR count). The summed E-state index contributed by atoms with van der Waals surface area (Å²) >= 11 is 0. The molecule has 0 aliphatic carbocycles. The standard InChI is InChI=1S/C35H24N6/c1-23-16-21-30-31(22-23)41-29-15-9-8-14-28(29)36-35(41)40(30)27-19-17-26(18-20-27)34-38-32(24-10-4-2-5-11-24)37-33(39-34)25-12-6-3-7-13-25/h2-22H,1H3. The zero-order chi connectivity index (χ0) is 27.3. The lowest BCUT2D eigenvalue weighted by molar-refractivity contribution is 1.07. The van der Waals surface area contributed by atoms with E-state index in [1.165, 1.54) is 5.56 Å². The van der Waals surface area contributed by atoms with E-state index < -0.39 is 0 Å². The second kappa shape index (κ2) is 9.24. The van der Waals surface area contributed by atoms with E-state index in [2.05, 4.69) is 76.6 Å². The van der Waals surface area contributed by atoms with Crippen molar-refractivity contribution >= 4 is 27.8 Å². The van der Waals surface area contributed by atoms with Crippen LogP contribution >= 0.6 is 0 Å². The molecule has 0 atom stereocenters. The smallest absolute Gasteiger partial charge is 0.220 e. The summed E-state index contributed by atoms with van der Waals surface area (Å²) in [7, 11) is 0. The van der Waals surface area contributed by atoms with E-state index in [4.69, 9.17) is 19.9 Å². The van der Waals surface area contributed by atoms with Gasteiger partial charge in [0.05, 0.1) is 22.1 Å². The molecule has 3 heterocycles. The molecule has 0 radical (unpaired) electrons. The van der Waals surface area contributed by atoms with Crippen LogP contribution in [-0.2, 0) is 0 Å². The van der Waals surface area contributed by atoms with E-state index in [1.54, 1.807) is 0 Å². The first-order chi connectivity index (χ1) is 20.2. The van der Waals surface area contributed by atoms with E-state index in [9.17, 15) is 0 Å². The van der Waals surface area contributed by atoms with Crippen LogP contribution in [0.25, 0.3) is 67.7 Å². The Bertz CT molecular complexity index is 2140. The number of hydrogen-bond acceptors (Lipinski definition) is 4. The molecule has 41 heavy (non-hydrogen) atoms. The van der Waals surface area contributed by atoms with Crippen LogP contribution in [0.3, 0.4) is 0 Å². The second-order valence-electron chi connectivity index (χ2n) is 10.1. The minimum Gasteiger partial charge on any atom is -0.278 e. The normalized spacial score (nSPS) is 11.5. The van der Waals surface area contributed by atoms with Crippen molar-refractivity contribution in [3.8, 4) is 39.9 Å². The van der Waals surface area contributed by atoms with Crippen LogP contribution in [0.2, 0.25) is 0 Å². The minimum absolute atomic E-state index is 0.633. The molecule has 194 valence electrons. The first kappa shape index (κ1) is 23.3. The molecule has 0 fully saturated rings. The van der Waals surface area contributed by atoms with Crippen molar-refractivity contribution in [2.75, 3.05) is 0 Å². The van der Waals surface area contributed by atoms with Crippen LogP contribution in [0.4, 0.5) is 0 Å². The van der Waals surface area contributed by atoms with E-state index in [0.29, 0.717) is 17.5 Å². The fraction of sp³-hybridized carbons (Fsp3) is 0.0286. The lowest BCUT2D eigenvalue weighted by Gasteiger charge is -2.10. The van der Waals surface area contributed by atoms with Crippen molar-refractivity contribution in [2.45, 2.75) is 6.92 Å². The fourth-order valence-corrected chi connectivity index (χ4v) is 5.46. The van der Waals surface area contributed by atoms with Gasteiger partial charge >= 0.3 is 0 Å². The van der Waals surface area contributed by atoms with Gasteiger partial charge in [-0.15, -0.1) is 0 Å². The van der Waals surface area contributed by atoms with Gasteiger partial charge in [0, 0.05) is 22.4 Å². The molecule has 0 bridgehead atoms. The second-order valence-corrected chi connectivity index (χ2v) is 10.1. The van der Waals surface area contributed by atoms with Crippen LogP contribution in [0, 0.1) is 6.92 Å². The third-order valence-corrected chi connectivity index (χ3v) is 7.44. The summed E-state index contributed by atoms with van der Waals surface area (Å²) in [6.45, 7) is 2.12. The highest BCUT2D eigenvalue weighted by atomic mass is 15.2. The molecule has 0 aliphatic heterocycles. The zero-order valence-corrected chi connectivity index (χ0v) is 22.3. The average Bonchev–Trinajstić information content (AvgIpc) is 3.56. The Kier molecular flexibility index (Phi) is 5.25. The van der Waals surface area contributed by atoms with Gasteiger partial charge in [0.1, 0.15) is 0 Å². The van der Waals surface area contributed by atoms with Crippen molar-refractivity contribution in [1.29, 1.82) is 0 Å². The first-order valence-electron chi connectivity index (χ1n) is 13.6. The topological polar surface area (TPSA) is 60.9 Å².